The van der Waals surface area contributed by atoms with Gasteiger partial charge in [0, 0.05) is 18.7 Å². The van der Waals surface area contributed by atoms with Crippen LogP contribution in [0.1, 0.15) is 31.7 Å². The Hall–Kier alpha value is -1.78. The SMILES string of the molecule is CC1CCCN(c2ccc(C(N)=NO)cc2F)CC1. The van der Waals surface area contributed by atoms with Crippen LogP contribution in [0.25, 0.3) is 0 Å². The van der Waals surface area contributed by atoms with Crippen LogP contribution in [0.2, 0.25) is 0 Å². The first-order chi connectivity index (χ1) is 9.11. The molecule has 19 heavy (non-hydrogen) atoms. The van der Waals surface area contributed by atoms with Crippen LogP contribution in [-0.2, 0) is 0 Å². The largest absolute Gasteiger partial charge is 0.409 e. The molecule has 0 spiro atoms. The second-order valence-corrected chi connectivity index (χ2v) is 5.17. The van der Waals surface area contributed by atoms with E-state index >= 15 is 0 Å². The Bertz CT molecular complexity index is 476. The Morgan fingerprint density at radius 2 is 2.21 bits per heavy atom. The van der Waals surface area contributed by atoms with E-state index in [-0.39, 0.29) is 11.7 Å². The number of oxime groups is 1. The van der Waals surface area contributed by atoms with Crippen molar-refractivity contribution in [1.29, 1.82) is 0 Å². The van der Waals surface area contributed by atoms with Gasteiger partial charge in [-0.05, 0) is 43.4 Å². The van der Waals surface area contributed by atoms with Gasteiger partial charge < -0.3 is 15.8 Å². The van der Waals surface area contributed by atoms with Crippen LogP contribution in [0.3, 0.4) is 0 Å². The van der Waals surface area contributed by atoms with Crippen molar-refractivity contribution in [3.8, 4) is 0 Å². The van der Waals surface area contributed by atoms with Crippen LogP contribution in [0.15, 0.2) is 23.4 Å². The van der Waals surface area contributed by atoms with E-state index in [2.05, 4.69) is 17.0 Å². The number of nitrogens with zero attached hydrogens (tertiary/aromatic N) is 2. The molecule has 1 fully saturated rings. The van der Waals surface area contributed by atoms with Crippen molar-refractivity contribution in [3.05, 3.63) is 29.6 Å². The molecule has 104 valence electrons. The lowest BCUT2D eigenvalue weighted by atomic mass is 10.0. The molecule has 0 aliphatic carbocycles. The van der Waals surface area contributed by atoms with E-state index in [1.807, 2.05) is 0 Å². The maximum absolute atomic E-state index is 14.1. The quantitative estimate of drug-likeness (QED) is 0.374. The van der Waals surface area contributed by atoms with Gasteiger partial charge in [0.2, 0.25) is 0 Å². The molecule has 1 saturated heterocycles. The lowest BCUT2D eigenvalue weighted by molar-refractivity contribution is 0.318. The zero-order chi connectivity index (χ0) is 13.8. The fourth-order valence-electron chi connectivity index (χ4n) is 2.48. The number of benzene rings is 1. The monoisotopic (exact) mass is 265 g/mol. The molecule has 1 aliphatic heterocycles. The number of hydrogen-bond acceptors (Lipinski definition) is 3. The normalized spacial score (nSPS) is 21.3. The van der Waals surface area contributed by atoms with Crippen molar-refractivity contribution < 1.29 is 9.60 Å². The molecule has 2 rings (SSSR count). The summed E-state index contributed by atoms with van der Waals surface area (Å²) in [7, 11) is 0. The highest BCUT2D eigenvalue weighted by molar-refractivity contribution is 5.97. The lowest BCUT2D eigenvalue weighted by Crippen LogP contribution is -2.25. The van der Waals surface area contributed by atoms with Gasteiger partial charge in [-0.25, -0.2) is 4.39 Å². The summed E-state index contributed by atoms with van der Waals surface area (Å²) in [6, 6.07) is 4.71. The van der Waals surface area contributed by atoms with E-state index < -0.39 is 0 Å². The van der Waals surface area contributed by atoms with Gasteiger partial charge >= 0.3 is 0 Å². The van der Waals surface area contributed by atoms with Crippen LogP contribution in [-0.4, -0.2) is 24.1 Å². The molecule has 0 radical (unpaired) electrons. The molecule has 5 heteroatoms. The zero-order valence-electron chi connectivity index (χ0n) is 11.1. The maximum Gasteiger partial charge on any atom is 0.170 e. The van der Waals surface area contributed by atoms with Gasteiger partial charge in [0.15, 0.2) is 5.84 Å². The van der Waals surface area contributed by atoms with Gasteiger partial charge in [-0.3, -0.25) is 0 Å². The standard InChI is InChI=1S/C14H20FN3O/c1-10-3-2-7-18(8-6-10)13-5-4-11(9-12(13)15)14(16)17-19/h4-5,9-10,19H,2-3,6-8H2,1H3,(H2,16,17). The van der Waals surface area contributed by atoms with E-state index in [1.54, 1.807) is 12.1 Å². The highest BCUT2D eigenvalue weighted by Crippen LogP contribution is 2.25. The van der Waals surface area contributed by atoms with Gasteiger partial charge in [-0.1, -0.05) is 12.1 Å². The molecule has 1 aliphatic rings. The van der Waals surface area contributed by atoms with E-state index in [9.17, 15) is 4.39 Å². The van der Waals surface area contributed by atoms with E-state index in [0.29, 0.717) is 17.2 Å². The minimum absolute atomic E-state index is 0.0741. The predicted octanol–water partition coefficient (Wildman–Crippen LogP) is 2.55. The van der Waals surface area contributed by atoms with Crippen molar-refractivity contribution in [3.63, 3.8) is 0 Å². The molecule has 1 aromatic carbocycles. The minimum Gasteiger partial charge on any atom is -0.409 e. The smallest absolute Gasteiger partial charge is 0.170 e. The van der Waals surface area contributed by atoms with Crippen molar-refractivity contribution in [2.75, 3.05) is 18.0 Å². The number of amidine groups is 1. The molecule has 1 aromatic rings. The third-order valence-corrected chi connectivity index (χ3v) is 3.71. The molecule has 0 bridgehead atoms. The van der Waals surface area contributed by atoms with Crippen molar-refractivity contribution >= 4 is 11.5 Å². The number of nitrogens with two attached hydrogens (primary N) is 1. The Morgan fingerprint density at radius 3 is 2.89 bits per heavy atom. The first kappa shape index (κ1) is 13.6. The van der Waals surface area contributed by atoms with E-state index in [0.717, 1.165) is 25.9 Å². The summed E-state index contributed by atoms with van der Waals surface area (Å²) in [6.45, 7) is 3.99. The Kier molecular flexibility index (Phi) is 4.24. The molecule has 0 saturated carbocycles. The maximum atomic E-state index is 14.1. The van der Waals surface area contributed by atoms with E-state index in [4.69, 9.17) is 10.9 Å². The fraction of sp³-hybridized carbons (Fsp3) is 0.500. The average molecular weight is 265 g/mol. The second-order valence-electron chi connectivity index (χ2n) is 5.17. The first-order valence-corrected chi connectivity index (χ1v) is 6.64. The highest BCUT2D eigenvalue weighted by Gasteiger charge is 2.17. The number of halogens is 1. The number of hydrogen-bond donors (Lipinski definition) is 2. The predicted molar refractivity (Wildman–Crippen MR) is 74.1 cm³/mol. The Balaban J connectivity index is 2.21. The summed E-state index contributed by atoms with van der Waals surface area (Å²) in [5.41, 5.74) is 6.45. The third kappa shape index (κ3) is 3.16. The molecule has 1 atom stereocenters. The van der Waals surface area contributed by atoms with Gasteiger partial charge in [0.1, 0.15) is 5.82 Å². The summed E-state index contributed by atoms with van der Waals surface area (Å²) < 4.78 is 14.1. The molecular weight excluding hydrogens is 245 g/mol. The Labute approximate surface area is 112 Å². The molecule has 0 aromatic heterocycles. The minimum atomic E-state index is -0.321. The highest BCUT2D eigenvalue weighted by atomic mass is 19.1. The van der Waals surface area contributed by atoms with Gasteiger partial charge in [0.05, 0.1) is 5.69 Å². The lowest BCUT2D eigenvalue weighted by Gasteiger charge is -2.23. The summed E-state index contributed by atoms with van der Waals surface area (Å²) in [6.07, 6.45) is 3.37. The molecular formula is C14H20FN3O. The molecule has 0 amide bonds. The fourth-order valence-corrected chi connectivity index (χ4v) is 2.48. The average Bonchev–Trinajstić information content (AvgIpc) is 2.62. The van der Waals surface area contributed by atoms with Crippen LogP contribution in [0, 0.1) is 11.7 Å². The van der Waals surface area contributed by atoms with Gasteiger partial charge in [-0.15, -0.1) is 0 Å². The summed E-state index contributed by atoms with van der Waals surface area (Å²) in [5.74, 6) is 0.304. The van der Waals surface area contributed by atoms with Crippen LogP contribution in [0.4, 0.5) is 10.1 Å². The van der Waals surface area contributed by atoms with Crippen LogP contribution < -0.4 is 10.6 Å². The van der Waals surface area contributed by atoms with Crippen molar-refractivity contribution in [2.24, 2.45) is 16.8 Å². The van der Waals surface area contributed by atoms with Crippen LogP contribution >= 0.6 is 0 Å². The zero-order valence-corrected chi connectivity index (χ0v) is 11.1. The number of anilines is 1. The van der Waals surface area contributed by atoms with E-state index in [1.165, 1.54) is 12.5 Å². The Morgan fingerprint density at radius 1 is 1.42 bits per heavy atom. The van der Waals surface area contributed by atoms with Crippen LogP contribution in [0.5, 0.6) is 0 Å². The molecule has 4 nitrogen and oxygen atoms in total. The topological polar surface area (TPSA) is 61.8 Å². The third-order valence-electron chi connectivity index (χ3n) is 3.71. The summed E-state index contributed by atoms with van der Waals surface area (Å²) in [4.78, 5) is 2.08. The first-order valence-electron chi connectivity index (χ1n) is 6.64. The van der Waals surface area contributed by atoms with Gasteiger partial charge in [0.25, 0.3) is 0 Å². The van der Waals surface area contributed by atoms with Gasteiger partial charge in [-0.2, -0.15) is 0 Å². The summed E-state index contributed by atoms with van der Waals surface area (Å²) >= 11 is 0. The summed E-state index contributed by atoms with van der Waals surface area (Å²) in [5, 5.41) is 11.5. The van der Waals surface area contributed by atoms with Crippen molar-refractivity contribution in [1.82, 2.24) is 0 Å². The number of rotatable bonds is 2. The van der Waals surface area contributed by atoms with Crippen molar-refractivity contribution in [2.45, 2.75) is 26.2 Å². The second kappa shape index (κ2) is 5.91. The molecule has 3 N–H and O–H groups in total. The molecule has 1 unspecified atom stereocenters. The molecule has 1 heterocycles.